The molecule has 0 N–H and O–H groups in total. The van der Waals surface area contributed by atoms with Crippen LogP contribution in [0.5, 0.6) is 0 Å². The van der Waals surface area contributed by atoms with Crippen molar-refractivity contribution in [2.75, 3.05) is 13.1 Å². The molecule has 0 atom stereocenters. The van der Waals surface area contributed by atoms with Crippen LogP contribution in [0.15, 0.2) is 73.2 Å². The van der Waals surface area contributed by atoms with E-state index in [1.807, 2.05) is 39.9 Å². The van der Waals surface area contributed by atoms with Crippen molar-refractivity contribution < 1.29 is 9.59 Å². The molecule has 2 aliphatic heterocycles. The molecule has 6 rings (SSSR count). The summed E-state index contributed by atoms with van der Waals surface area (Å²) in [6.07, 6.45) is 6.44. The number of benzene rings is 1. The summed E-state index contributed by atoms with van der Waals surface area (Å²) in [4.78, 5) is 39.2. The van der Waals surface area contributed by atoms with Crippen LogP contribution < -0.4 is 0 Å². The molecule has 2 amide bonds. The van der Waals surface area contributed by atoms with Crippen molar-refractivity contribution >= 4 is 11.8 Å². The predicted octanol–water partition coefficient (Wildman–Crippen LogP) is 3.12. The molecule has 0 aliphatic carbocycles. The molecular formula is C28H26N6O2. The highest BCUT2D eigenvalue weighted by atomic mass is 16.2. The van der Waals surface area contributed by atoms with Crippen molar-refractivity contribution in [2.45, 2.75) is 32.5 Å². The summed E-state index contributed by atoms with van der Waals surface area (Å²) in [6, 6.07) is 17.6. The molecule has 1 aromatic carbocycles. The van der Waals surface area contributed by atoms with E-state index in [0.29, 0.717) is 50.4 Å². The Hall–Kier alpha value is -4.33. The lowest BCUT2D eigenvalue weighted by atomic mass is 9.98. The summed E-state index contributed by atoms with van der Waals surface area (Å²) >= 11 is 0. The molecule has 180 valence electrons. The largest absolute Gasteiger partial charge is 0.334 e. The number of carbonyl (C=O) groups is 2. The van der Waals surface area contributed by atoms with Crippen molar-refractivity contribution in [3.05, 3.63) is 113 Å². The first-order valence-electron chi connectivity index (χ1n) is 12.2. The van der Waals surface area contributed by atoms with Crippen molar-refractivity contribution in [2.24, 2.45) is 0 Å². The summed E-state index contributed by atoms with van der Waals surface area (Å²) in [6.45, 7) is 2.59. The molecule has 0 bridgehead atoms. The van der Waals surface area contributed by atoms with Crippen molar-refractivity contribution in [1.29, 1.82) is 0 Å². The lowest BCUT2D eigenvalue weighted by molar-refractivity contribution is 0.0703. The fourth-order valence-electron chi connectivity index (χ4n) is 5.10. The Morgan fingerprint density at radius 2 is 1.61 bits per heavy atom. The molecule has 0 unspecified atom stereocenters. The Morgan fingerprint density at radius 1 is 0.806 bits per heavy atom. The molecular weight excluding hydrogens is 452 g/mol. The van der Waals surface area contributed by atoms with E-state index in [9.17, 15) is 9.59 Å². The molecule has 2 aliphatic rings. The summed E-state index contributed by atoms with van der Waals surface area (Å²) in [7, 11) is 0. The topological polar surface area (TPSA) is 84.2 Å². The minimum absolute atomic E-state index is 0.0866. The lowest BCUT2D eigenvalue weighted by Gasteiger charge is -2.30. The van der Waals surface area contributed by atoms with Gasteiger partial charge in [-0.2, -0.15) is 5.10 Å². The molecule has 36 heavy (non-hydrogen) atoms. The van der Waals surface area contributed by atoms with Crippen LogP contribution in [0.4, 0.5) is 0 Å². The SMILES string of the molecule is O=C(c1cccnc1)N1CCc2c(c(C(=O)N3CCc4ccccc4C3)nn2Cc2ccccn2)C1. The summed E-state index contributed by atoms with van der Waals surface area (Å²) in [5.74, 6) is -0.173. The van der Waals surface area contributed by atoms with E-state index in [0.717, 1.165) is 23.4 Å². The third-order valence-corrected chi connectivity index (χ3v) is 6.99. The number of hydrogen-bond acceptors (Lipinski definition) is 5. The molecule has 0 saturated heterocycles. The predicted molar refractivity (Wildman–Crippen MR) is 133 cm³/mol. The van der Waals surface area contributed by atoms with E-state index in [2.05, 4.69) is 22.1 Å². The average Bonchev–Trinajstić information content (AvgIpc) is 3.30. The van der Waals surface area contributed by atoms with Gasteiger partial charge in [0.05, 0.1) is 24.3 Å². The maximum Gasteiger partial charge on any atom is 0.275 e. The van der Waals surface area contributed by atoms with Gasteiger partial charge in [0, 0.05) is 55.9 Å². The van der Waals surface area contributed by atoms with Crippen LogP contribution in [0, 0.1) is 0 Å². The highest BCUT2D eigenvalue weighted by molar-refractivity contribution is 5.96. The van der Waals surface area contributed by atoms with E-state index in [1.54, 1.807) is 35.6 Å². The van der Waals surface area contributed by atoms with Gasteiger partial charge in [0.25, 0.3) is 11.8 Å². The number of rotatable bonds is 4. The third kappa shape index (κ3) is 4.15. The minimum atomic E-state index is -0.0869. The van der Waals surface area contributed by atoms with Crippen LogP contribution in [0.2, 0.25) is 0 Å². The Kier molecular flexibility index (Phi) is 5.77. The van der Waals surface area contributed by atoms with Gasteiger partial charge >= 0.3 is 0 Å². The molecule has 0 radical (unpaired) electrons. The van der Waals surface area contributed by atoms with E-state index in [1.165, 1.54) is 11.1 Å². The molecule has 0 fully saturated rings. The molecule has 0 spiro atoms. The zero-order chi connectivity index (χ0) is 24.5. The zero-order valence-electron chi connectivity index (χ0n) is 19.9. The summed E-state index contributed by atoms with van der Waals surface area (Å²) in [5, 5.41) is 4.82. The Labute approximate surface area is 209 Å². The highest BCUT2D eigenvalue weighted by Crippen LogP contribution is 2.27. The number of fused-ring (bicyclic) bond motifs is 2. The number of aromatic nitrogens is 4. The van der Waals surface area contributed by atoms with Crippen LogP contribution >= 0.6 is 0 Å². The molecule has 8 heteroatoms. The van der Waals surface area contributed by atoms with E-state index >= 15 is 0 Å². The van der Waals surface area contributed by atoms with Crippen LogP contribution in [0.1, 0.15) is 48.9 Å². The normalized spacial score (nSPS) is 14.8. The van der Waals surface area contributed by atoms with Crippen molar-refractivity contribution in [3.8, 4) is 0 Å². The van der Waals surface area contributed by atoms with Gasteiger partial charge in [0.15, 0.2) is 5.69 Å². The number of carbonyl (C=O) groups excluding carboxylic acids is 2. The average molecular weight is 479 g/mol. The molecule has 0 saturated carbocycles. The lowest BCUT2D eigenvalue weighted by Crippen LogP contribution is -2.39. The minimum Gasteiger partial charge on any atom is -0.334 e. The number of hydrogen-bond donors (Lipinski definition) is 0. The van der Waals surface area contributed by atoms with Crippen molar-refractivity contribution in [1.82, 2.24) is 29.5 Å². The molecule has 4 aromatic rings. The van der Waals surface area contributed by atoms with Gasteiger partial charge in [-0.15, -0.1) is 0 Å². The maximum atomic E-state index is 13.8. The van der Waals surface area contributed by atoms with Gasteiger partial charge in [-0.3, -0.25) is 24.2 Å². The fraction of sp³-hybridized carbons (Fsp3) is 0.250. The molecule has 5 heterocycles. The second kappa shape index (κ2) is 9.37. The van der Waals surface area contributed by atoms with Crippen molar-refractivity contribution in [3.63, 3.8) is 0 Å². The first-order chi connectivity index (χ1) is 17.7. The third-order valence-electron chi connectivity index (χ3n) is 6.99. The highest BCUT2D eigenvalue weighted by Gasteiger charge is 2.33. The second-order valence-corrected chi connectivity index (χ2v) is 9.22. The van der Waals surface area contributed by atoms with Crippen LogP contribution in [-0.4, -0.2) is 54.5 Å². The van der Waals surface area contributed by atoms with E-state index in [-0.39, 0.29) is 11.8 Å². The maximum absolute atomic E-state index is 13.8. The van der Waals surface area contributed by atoms with Crippen LogP contribution in [-0.2, 0) is 32.5 Å². The Bertz CT molecular complexity index is 1420. The zero-order valence-corrected chi connectivity index (χ0v) is 19.9. The Morgan fingerprint density at radius 3 is 2.42 bits per heavy atom. The molecule has 3 aromatic heterocycles. The van der Waals surface area contributed by atoms with Gasteiger partial charge in [-0.05, 0) is 41.8 Å². The monoisotopic (exact) mass is 478 g/mol. The van der Waals surface area contributed by atoms with Crippen LogP contribution in [0.3, 0.4) is 0 Å². The van der Waals surface area contributed by atoms with Gasteiger partial charge < -0.3 is 9.80 Å². The summed E-state index contributed by atoms with van der Waals surface area (Å²) in [5.41, 5.74) is 6.15. The first kappa shape index (κ1) is 22.2. The first-order valence-corrected chi connectivity index (χ1v) is 12.2. The van der Waals surface area contributed by atoms with Gasteiger partial charge in [0.2, 0.25) is 0 Å². The van der Waals surface area contributed by atoms with E-state index in [4.69, 9.17) is 5.10 Å². The number of pyridine rings is 2. The second-order valence-electron chi connectivity index (χ2n) is 9.22. The van der Waals surface area contributed by atoms with Crippen LogP contribution in [0.25, 0.3) is 0 Å². The quantitative estimate of drug-likeness (QED) is 0.450. The number of amides is 2. The van der Waals surface area contributed by atoms with Gasteiger partial charge in [-0.1, -0.05) is 30.3 Å². The Balaban J connectivity index is 1.33. The van der Waals surface area contributed by atoms with E-state index < -0.39 is 0 Å². The summed E-state index contributed by atoms with van der Waals surface area (Å²) < 4.78 is 1.90. The smallest absolute Gasteiger partial charge is 0.275 e. The fourth-order valence-corrected chi connectivity index (χ4v) is 5.10. The standard InChI is InChI=1S/C28H26N6O2/c35-27(21-8-5-12-29-16-21)33-15-11-25-24(19-33)26(31-34(25)18-23-9-3-4-13-30-23)28(36)32-14-10-20-6-1-2-7-22(20)17-32/h1-9,12-13,16H,10-11,14-15,17-19H2. The molecule has 8 nitrogen and oxygen atoms in total. The number of nitrogens with zero attached hydrogens (tertiary/aromatic N) is 6. The van der Waals surface area contributed by atoms with Gasteiger partial charge in [0.1, 0.15) is 0 Å². The van der Waals surface area contributed by atoms with Gasteiger partial charge in [-0.25, -0.2) is 0 Å².